The highest BCUT2D eigenvalue weighted by atomic mass is 19.3. The zero-order valence-electron chi connectivity index (χ0n) is 16.5. The first-order valence-electron chi connectivity index (χ1n) is 9.95. The fraction of sp³-hybridized carbons (Fsp3) is 0.364. The predicted octanol–water partition coefficient (Wildman–Crippen LogP) is 4.84. The van der Waals surface area contributed by atoms with Gasteiger partial charge in [-0.3, -0.25) is 4.98 Å². The monoisotopic (exact) mass is 416 g/mol. The third-order valence-electron chi connectivity index (χ3n) is 5.53. The minimum atomic E-state index is -2.87. The average molecular weight is 416 g/mol. The van der Waals surface area contributed by atoms with Crippen LogP contribution in [0.1, 0.15) is 43.4 Å². The fourth-order valence-corrected chi connectivity index (χ4v) is 3.81. The van der Waals surface area contributed by atoms with Crippen molar-refractivity contribution in [1.29, 1.82) is 0 Å². The van der Waals surface area contributed by atoms with Crippen LogP contribution in [0.25, 0.3) is 10.9 Å². The number of anilines is 2. The highest BCUT2D eigenvalue weighted by molar-refractivity contribution is 5.92. The number of hydrogen-bond acceptors (Lipinski definition) is 5. The van der Waals surface area contributed by atoms with Gasteiger partial charge in [-0.15, -0.1) is 0 Å². The van der Waals surface area contributed by atoms with Crippen LogP contribution >= 0.6 is 0 Å². The van der Waals surface area contributed by atoms with Crippen molar-refractivity contribution >= 4 is 22.4 Å². The average Bonchev–Trinajstić information content (AvgIpc) is 2.74. The number of rotatable bonds is 5. The lowest BCUT2D eigenvalue weighted by Gasteiger charge is -2.30. The Morgan fingerprint density at radius 1 is 1.13 bits per heavy atom. The molecule has 8 heteroatoms. The summed E-state index contributed by atoms with van der Waals surface area (Å²) in [6.07, 6.45) is 1.55. The van der Waals surface area contributed by atoms with E-state index in [1.54, 1.807) is 25.4 Å². The standard InChI is InChI=1S/C22H23F3N4O/c1-13(15-3-2-4-16(21(15)23)22(24)25)28-18-5-8-26-19-12-27-20(11-17(18)19)29-9-6-14(30)7-10-29/h2-5,8,11-14,22,30H,6-7,9-10H2,1H3,(H,26,28)/t13-/m1/s1. The van der Waals surface area contributed by atoms with Gasteiger partial charge in [0.2, 0.25) is 0 Å². The molecule has 3 aromatic rings. The van der Waals surface area contributed by atoms with Crippen LogP contribution < -0.4 is 10.2 Å². The van der Waals surface area contributed by atoms with E-state index in [0.29, 0.717) is 31.4 Å². The van der Waals surface area contributed by atoms with Gasteiger partial charge in [0, 0.05) is 35.9 Å². The summed E-state index contributed by atoms with van der Waals surface area (Å²) in [6, 6.07) is 7.21. The van der Waals surface area contributed by atoms with Crippen LogP contribution in [0.5, 0.6) is 0 Å². The Morgan fingerprint density at radius 2 is 1.87 bits per heavy atom. The molecule has 30 heavy (non-hydrogen) atoms. The van der Waals surface area contributed by atoms with E-state index in [1.807, 2.05) is 6.07 Å². The summed E-state index contributed by atoms with van der Waals surface area (Å²) in [5.41, 5.74) is 0.974. The van der Waals surface area contributed by atoms with Gasteiger partial charge in [0.15, 0.2) is 0 Å². The minimum Gasteiger partial charge on any atom is -0.393 e. The van der Waals surface area contributed by atoms with E-state index in [-0.39, 0.29) is 11.7 Å². The van der Waals surface area contributed by atoms with E-state index in [1.165, 1.54) is 12.1 Å². The van der Waals surface area contributed by atoms with Gasteiger partial charge in [-0.25, -0.2) is 18.2 Å². The fourth-order valence-electron chi connectivity index (χ4n) is 3.81. The van der Waals surface area contributed by atoms with E-state index in [0.717, 1.165) is 23.0 Å². The number of nitrogens with one attached hydrogen (secondary N) is 1. The summed E-state index contributed by atoms with van der Waals surface area (Å²) in [5, 5.41) is 13.8. The smallest absolute Gasteiger partial charge is 0.266 e. The number of pyridine rings is 2. The molecule has 0 amide bonds. The molecule has 0 aliphatic carbocycles. The van der Waals surface area contributed by atoms with Crippen LogP contribution in [0.2, 0.25) is 0 Å². The van der Waals surface area contributed by atoms with Crippen molar-refractivity contribution in [2.45, 2.75) is 38.3 Å². The van der Waals surface area contributed by atoms with Gasteiger partial charge < -0.3 is 15.3 Å². The maximum absolute atomic E-state index is 14.6. The molecule has 1 saturated heterocycles. The lowest BCUT2D eigenvalue weighted by molar-refractivity contribution is 0.145. The predicted molar refractivity (Wildman–Crippen MR) is 110 cm³/mol. The Hall–Kier alpha value is -2.87. The number of benzene rings is 1. The molecule has 0 spiro atoms. The molecule has 0 radical (unpaired) electrons. The Balaban J connectivity index is 1.64. The molecule has 0 saturated carbocycles. The van der Waals surface area contributed by atoms with E-state index < -0.39 is 23.8 Å². The lowest BCUT2D eigenvalue weighted by atomic mass is 10.0. The second-order valence-corrected chi connectivity index (χ2v) is 7.55. The molecule has 4 rings (SSSR count). The number of fused-ring (bicyclic) bond motifs is 1. The number of nitrogens with zero attached hydrogens (tertiary/aromatic N) is 3. The molecule has 1 aliphatic rings. The Kier molecular flexibility index (Phi) is 5.76. The Labute approximate surface area is 172 Å². The molecule has 1 atom stereocenters. The first-order valence-corrected chi connectivity index (χ1v) is 9.95. The van der Waals surface area contributed by atoms with Crippen LogP contribution in [0.3, 0.4) is 0 Å². The number of piperidine rings is 1. The molecular weight excluding hydrogens is 393 g/mol. The SMILES string of the molecule is C[C@@H](Nc1ccnc2cnc(N3CCC(O)CC3)cc12)c1cccc(C(F)F)c1F. The quantitative estimate of drug-likeness (QED) is 0.623. The number of aliphatic hydroxyl groups is 1. The van der Waals surface area contributed by atoms with Crippen LogP contribution in [-0.4, -0.2) is 34.3 Å². The number of alkyl halides is 2. The summed E-state index contributed by atoms with van der Waals surface area (Å²) in [7, 11) is 0. The van der Waals surface area contributed by atoms with Gasteiger partial charge in [0.1, 0.15) is 11.6 Å². The first-order chi connectivity index (χ1) is 14.4. The Bertz CT molecular complexity index is 1040. The topological polar surface area (TPSA) is 61.3 Å². The van der Waals surface area contributed by atoms with Crippen molar-refractivity contribution in [3.63, 3.8) is 0 Å². The second-order valence-electron chi connectivity index (χ2n) is 7.55. The highest BCUT2D eigenvalue weighted by Gasteiger charge is 2.21. The number of aliphatic hydroxyl groups excluding tert-OH is 1. The molecule has 1 aliphatic heterocycles. The molecule has 0 unspecified atom stereocenters. The normalized spacial score (nSPS) is 16.3. The highest BCUT2D eigenvalue weighted by Crippen LogP contribution is 2.32. The van der Waals surface area contributed by atoms with Crippen molar-refractivity contribution in [3.05, 3.63) is 59.7 Å². The molecular formula is C22H23F3N4O. The van der Waals surface area contributed by atoms with Gasteiger partial charge in [-0.05, 0) is 31.9 Å². The molecule has 158 valence electrons. The summed E-state index contributed by atoms with van der Waals surface area (Å²) in [5.74, 6) is -0.107. The molecule has 2 N–H and O–H groups in total. The summed E-state index contributed by atoms with van der Waals surface area (Å²) >= 11 is 0. The molecule has 0 bridgehead atoms. The minimum absolute atomic E-state index is 0.178. The second kappa shape index (κ2) is 8.47. The van der Waals surface area contributed by atoms with Crippen molar-refractivity contribution < 1.29 is 18.3 Å². The number of hydrogen-bond donors (Lipinski definition) is 2. The zero-order chi connectivity index (χ0) is 21.3. The summed E-state index contributed by atoms with van der Waals surface area (Å²) < 4.78 is 40.7. The molecule has 3 heterocycles. The van der Waals surface area contributed by atoms with Crippen LogP contribution in [0.4, 0.5) is 24.7 Å². The zero-order valence-corrected chi connectivity index (χ0v) is 16.5. The van der Waals surface area contributed by atoms with Crippen molar-refractivity contribution in [2.75, 3.05) is 23.3 Å². The first kappa shape index (κ1) is 20.4. The number of halogens is 3. The van der Waals surface area contributed by atoms with E-state index in [2.05, 4.69) is 20.2 Å². The molecule has 5 nitrogen and oxygen atoms in total. The van der Waals surface area contributed by atoms with Gasteiger partial charge >= 0.3 is 0 Å². The summed E-state index contributed by atoms with van der Waals surface area (Å²) in [4.78, 5) is 10.9. The van der Waals surface area contributed by atoms with Gasteiger partial charge in [-0.1, -0.05) is 18.2 Å². The van der Waals surface area contributed by atoms with Crippen molar-refractivity contribution in [2.24, 2.45) is 0 Å². The molecule has 1 fully saturated rings. The van der Waals surface area contributed by atoms with E-state index in [4.69, 9.17) is 0 Å². The van der Waals surface area contributed by atoms with Gasteiger partial charge in [0.05, 0.1) is 29.4 Å². The van der Waals surface area contributed by atoms with Crippen LogP contribution in [-0.2, 0) is 0 Å². The molecule has 2 aromatic heterocycles. The van der Waals surface area contributed by atoms with Crippen LogP contribution in [0.15, 0.2) is 42.7 Å². The van der Waals surface area contributed by atoms with Gasteiger partial charge in [0.25, 0.3) is 6.43 Å². The van der Waals surface area contributed by atoms with E-state index >= 15 is 0 Å². The largest absolute Gasteiger partial charge is 0.393 e. The van der Waals surface area contributed by atoms with Crippen molar-refractivity contribution in [1.82, 2.24) is 9.97 Å². The maximum atomic E-state index is 14.6. The van der Waals surface area contributed by atoms with Gasteiger partial charge in [-0.2, -0.15) is 0 Å². The van der Waals surface area contributed by atoms with Crippen molar-refractivity contribution in [3.8, 4) is 0 Å². The Morgan fingerprint density at radius 3 is 2.60 bits per heavy atom. The number of aromatic nitrogens is 2. The lowest BCUT2D eigenvalue weighted by Crippen LogP contribution is -2.36. The molecule has 1 aromatic carbocycles. The maximum Gasteiger partial charge on any atom is 0.266 e. The third kappa shape index (κ3) is 4.05. The van der Waals surface area contributed by atoms with Crippen LogP contribution in [0, 0.1) is 5.82 Å². The van der Waals surface area contributed by atoms with E-state index in [9.17, 15) is 18.3 Å². The summed E-state index contributed by atoms with van der Waals surface area (Å²) in [6.45, 7) is 3.16. The third-order valence-corrected chi connectivity index (χ3v) is 5.53.